The van der Waals surface area contributed by atoms with Crippen molar-refractivity contribution in [2.24, 2.45) is 0 Å². The van der Waals surface area contributed by atoms with Crippen LogP contribution in [-0.4, -0.2) is 11.0 Å². The van der Waals surface area contributed by atoms with Gasteiger partial charge in [-0.2, -0.15) is 0 Å². The molecule has 0 fully saturated rings. The molecule has 0 atom stereocenters. The predicted octanol–water partition coefficient (Wildman–Crippen LogP) is 4.72. The second kappa shape index (κ2) is 7.99. The summed E-state index contributed by atoms with van der Waals surface area (Å²) in [4.78, 5) is 12.3. The van der Waals surface area contributed by atoms with Gasteiger partial charge in [0, 0.05) is 11.3 Å². The second-order valence-electron chi connectivity index (χ2n) is 5.59. The highest BCUT2D eigenvalue weighted by Gasteiger charge is 2.10. The van der Waals surface area contributed by atoms with Crippen LogP contribution in [0, 0.1) is 0 Å². The Hall–Kier alpha value is -2.89. The lowest BCUT2D eigenvalue weighted by atomic mass is 10.0. The third-order valence-corrected chi connectivity index (χ3v) is 4.24. The molecule has 3 aromatic carbocycles. The highest BCUT2D eigenvalue weighted by Crippen LogP contribution is 2.24. The Morgan fingerprint density at radius 3 is 2.23 bits per heavy atom. The van der Waals surface area contributed by atoms with Gasteiger partial charge in [-0.15, -0.1) is 0 Å². The Bertz CT molecular complexity index is 943. The van der Waals surface area contributed by atoms with Crippen molar-refractivity contribution in [3.05, 3.63) is 83.4 Å². The standard InChI is InChI=1S/C20H16ClN3OS/c21-17-12-16(22)10-11-18(17)23-20(26)24-19(25)15-8-6-14(7-9-15)13-4-2-1-3-5-13/h1-12H,22H2,(H2,23,24,25,26). The molecule has 0 spiro atoms. The Balaban J connectivity index is 1.65. The number of nitrogens with two attached hydrogens (primary N) is 1. The van der Waals surface area contributed by atoms with Crippen molar-refractivity contribution in [2.75, 3.05) is 11.1 Å². The summed E-state index contributed by atoms with van der Waals surface area (Å²) in [6.45, 7) is 0. The second-order valence-corrected chi connectivity index (χ2v) is 6.41. The summed E-state index contributed by atoms with van der Waals surface area (Å²) in [5.74, 6) is -0.298. The minimum atomic E-state index is -0.298. The van der Waals surface area contributed by atoms with Crippen molar-refractivity contribution in [2.45, 2.75) is 0 Å². The number of benzene rings is 3. The van der Waals surface area contributed by atoms with Crippen molar-refractivity contribution >= 4 is 46.2 Å². The largest absolute Gasteiger partial charge is 0.399 e. The number of halogens is 1. The van der Waals surface area contributed by atoms with Crippen molar-refractivity contribution < 1.29 is 4.79 Å². The van der Waals surface area contributed by atoms with Crippen LogP contribution in [0.2, 0.25) is 5.02 Å². The molecule has 0 aromatic heterocycles. The van der Waals surface area contributed by atoms with E-state index in [1.165, 1.54) is 0 Å². The minimum absolute atomic E-state index is 0.161. The zero-order valence-electron chi connectivity index (χ0n) is 13.7. The Labute approximate surface area is 162 Å². The molecule has 6 heteroatoms. The van der Waals surface area contributed by atoms with Crippen LogP contribution in [0.3, 0.4) is 0 Å². The topological polar surface area (TPSA) is 67.2 Å². The van der Waals surface area contributed by atoms with Crippen LogP contribution >= 0.6 is 23.8 Å². The molecule has 1 amide bonds. The average Bonchev–Trinajstić information content (AvgIpc) is 2.65. The van der Waals surface area contributed by atoms with Gasteiger partial charge in [0.15, 0.2) is 5.11 Å². The van der Waals surface area contributed by atoms with Gasteiger partial charge < -0.3 is 11.1 Å². The fraction of sp³-hybridized carbons (Fsp3) is 0. The summed E-state index contributed by atoms with van der Waals surface area (Å²) in [5.41, 5.74) is 9.42. The van der Waals surface area contributed by atoms with Gasteiger partial charge in [-0.3, -0.25) is 10.1 Å². The van der Waals surface area contributed by atoms with E-state index in [9.17, 15) is 4.79 Å². The van der Waals surface area contributed by atoms with Crippen molar-refractivity contribution in [3.8, 4) is 11.1 Å². The molecule has 130 valence electrons. The molecule has 0 radical (unpaired) electrons. The molecule has 3 rings (SSSR count). The summed E-state index contributed by atoms with van der Waals surface area (Å²) in [5, 5.41) is 6.11. The lowest BCUT2D eigenvalue weighted by Crippen LogP contribution is -2.34. The lowest BCUT2D eigenvalue weighted by Gasteiger charge is -2.11. The third-order valence-electron chi connectivity index (χ3n) is 3.72. The first kappa shape index (κ1) is 17.9. The Kier molecular flexibility index (Phi) is 5.51. The van der Waals surface area contributed by atoms with E-state index in [4.69, 9.17) is 29.6 Å². The van der Waals surface area contributed by atoms with Crippen molar-refractivity contribution in [1.29, 1.82) is 0 Å². The highest BCUT2D eigenvalue weighted by atomic mass is 35.5. The molecule has 0 saturated carbocycles. The summed E-state index contributed by atoms with van der Waals surface area (Å²) in [6.07, 6.45) is 0. The van der Waals surface area contributed by atoms with Crippen LogP contribution in [0.5, 0.6) is 0 Å². The molecule has 0 bridgehead atoms. The van der Waals surface area contributed by atoms with E-state index in [2.05, 4.69) is 10.6 Å². The smallest absolute Gasteiger partial charge is 0.257 e. The number of anilines is 2. The van der Waals surface area contributed by atoms with Crippen LogP contribution < -0.4 is 16.4 Å². The first-order valence-electron chi connectivity index (χ1n) is 7.86. The summed E-state index contributed by atoms with van der Waals surface area (Å²) in [6, 6.07) is 22.3. The number of nitrogen functional groups attached to an aromatic ring is 1. The van der Waals surface area contributed by atoms with E-state index in [0.717, 1.165) is 11.1 Å². The normalized spacial score (nSPS) is 10.2. The number of hydrogen-bond donors (Lipinski definition) is 3. The van der Waals surface area contributed by atoms with Crippen LogP contribution in [0.15, 0.2) is 72.8 Å². The fourth-order valence-electron chi connectivity index (χ4n) is 2.41. The Morgan fingerprint density at radius 1 is 0.923 bits per heavy atom. The molecule has 0 aliphatic rings. The first-order chi connectivity index (χ1) is 12.5. The van der Waals surface area contributed by atoms with Crippen molar-refractivity contribution in [3.63, 3.8) is 0 Å². The number of carbonyl (C=O) groups excluding carboxylic acids is 1. The summed E-state index contributed by atoms with van der Waals surface area (Å²) < 4.78 is 0. The summed E-state index contributed by atoms with van der Waals surface area (Å²) in [7, 11) is 0. The number of hydrogen-bond acceptors (Lipinski definition) is 3. The average molecular weight is 382 g/mol. The molecule has 4 N–H and O–H groups in total. The molecule has 0 aliphatic heterocycles. The van der Waals surface area contributed by atoms with Gasteiger partial charge in [-0.25, -0.2) is 0 Å². The molecule has 26 heavy (non-hydrogen) atoms. The third kappa shape index (κ3) is 4.39. The van der Waals surface area contributed by atoms with Gasteiger partial charge in [-0.1, -0.05) is 54.1 Å². The number of thiocarbonyl (C=S) groups is 1. The van der Waals surface area contributed by atoms with E-state index < -0.39 is 0 Å². The maximum Gasteiger partial charge on any atom is 0.257 e. The fourth-order valence-corrected chi connectivity index (χ4v) is 2.85. The van der Waals surface area contributed by atoms with E-state index in [-0.39, 0.29) is 11.0 Å². The van der Waals surface area contributed by atoms with Gasteiger partial charge in [0.05, 0.1) is 10.7 Å². The van der Waals surface area contributed by atoms with E-state index in [1.807, 2.05) is 42.5 Å². The zero-order valence-corrected chi connectivity index (χ0v) is 15.3. The maximum absolute atomic E-state index is 12.3. The minimum Gasteiger partial charge on any atom is -0.399 e. The van der Waals surface area contributed by atoms with Crippen molar-refractivity contribution in [1.82, 2.24) is 5.32 Å². The molecule has 0 unspecified atom stereocenters. The molecule has 3 aromatic rings. The number of amides is 1. The number of carbonyl (C=O) groups is 1. The van der Waals surface area contributed by atoms with E-state index in [1.54, 1.807) is 30.3 Å². The van der Waals surface area contributed by atoms with E-state index in [0.29, 0.717) is 22.0 Å². The number of rotatable bonds is 3. The molecule has 4 nitrogen and oxygen atoms in total. The maximum atomic E-state index is 12.3. The zero-order chi connectivity index (χ0) is 18.5. The van der Waals surface area contributed by atoms with E-state index >= 15 is 0 Å². The van der Waals surface area contributed by atoms with Gasteiger partial charge >= 0.3 is 0 Å². The van der Waals surface area contributed by atoms with Crippen LogP contribution in [0.25, 0.3) is 11.1 Å². The molecule has 0 aliphatic carbocycles. The highest BCUT2D eigenvalue weighted by molar-refractivity contribution is 7.80. The molecular formula is C20H16ClN3OS. The monoisotopic (exact) mass is 381 g/mol. The quantitative estimate of drug-likeness (QED) is 0.453. The van der Waals surface area contributed by atoms with Crippen LogP contribution in [0.4, 0.5) is 11.4 Å². The lowest BCUT2D eigenvalue weighted by molar-refractivity contribution is 0.0978. The van der Waals surface area contributed by atoms with Gasteiger partial charge in [0.1, 0.15) is 0 Å². The molecule has 0 saturated heterocycles. The SMILES string of the molecule is Nc1ccc(NC(=S)NC(=O)c2ccc(-c3ccccc3)cc2)c(Cl)c1. The van der Waals surface area contributed by atoms with Crippen LogP contribution in [0.1, 0.15) is 10.4 Å². The van der Waals surface area contributed by atoms with Gasteiger partial charge in [0.25, 0.3) is 5.91 Å². The summed E-state index contributed by atoms with van der Waals surface area (Å²) >= 11 is 11.3. The van der Waals surface area contributed by atoms with Gasteiger partial charge in [-0.05, 0) is 53.7 Å². The van der Waals surface area contributed by atoms with Crippen LogP contribution in [-0.2, 0) is 0 Å². The Morgan fingerprint density at radius 2 is 1.58 bits per heavy atom. The predicted molar refractivity (Wildman–Crippen MR) is 111 cm³/mol. The molecule has 0 heterocycles. The number of nitrogens with one attached hydrogen (secondary N) is 2. The van der Waals surface area contributed by atoms with Gasteiger partial charge in [0.2, 0.25) is 0 Å². The molecular weight excluding hydrogens is 366 g/mol. The first-order valence-corrected chi connectivity index (χ1v) is 8.64.